The van der Waals surface area contributed by atoms with Gasteiger partial charge >= 0.3 is 0 Å². The van der Waals surface area contributed by atoms with Crippen molar-refractivity contribution in [3.63, 3.8) is 0 Å². The van der Waals surface area contributed by atoms with E-state index in [1.54, 1.807) is 13.1 Å². The minimum absolute atomic E-state index is 0.0645. The fourth-order valence-corrected chi connectivity index (χ4v) is 2.85. The Labute approximate surface area is 150 Å². The molecule has 1 aliphatic heterocycles. The summed E-state index contributed by atoms with van der Waals surface area (Å²) in [6, 6.07) is 0. The van der Waals surface area contributed by atoms with E-state index in [0.29, 0.717) is 12.4 Å². The highest BCUT2D eigenvalue weighted by Gasteiger charge is 2.25. The molecule has 0 bridgehead atoms. The van der Waals surface area contributed by atoms with E-state index in [1.165, 1.54) is 12.8 Å². The first-order chi connectivity index (χ1) is 11.9. The van der Waals surface area contributed by atoms with Crippen molar-refractivity contribution in [2.24, 2.45) is 21.6 Å². The van der Waals surface area contributed by atoms with Gasteiger partial charge in [0.25, 0.3) is 0 Å². The molecule has 6 nitrogen and oxygen atoms in total. The number of nitrogens with two attached hydrogens (primary N) is 1. The van der Waals surface area contributed by atoms with Crippen LogP contribution < -0.4 is 11.1 Å². The van der Waals surface area contributed by atoms with Crippen LogP contribution in [-0.4, -0.2) is 43.0 Å². The normalized spacial score (nSPS) is 20.0. The van der Waals surface area contributed by atoms with Gasteiger partial charge in [-0.2, -0.15) is 0 Å². The molecule has 1 aliphatic carbocycles. The van der Waals surface area contributed by atoms with Gasteiger partial charge in [-0.15, -0.1) is 0 Å². The Morgan fingerprint density at radius 1 is 1.40 bits per heavy atom. The van der Waals surface area contributed by atoms with E-state index in [1.807, 2.05) is 24.8 Å². The molecule has 0 spiro atoms. The van der Waals surface area contributed by atoms with E-state index in [2.05, 4.69) is 22.0 Å². The predicted octanol–water partition coefficient (Wildman–Crippen LogP) is 2.36. The zero-order valence-electron chi connectivity index (χ0n) is 15.5. The lowest BCUT2D eigenvalue weighted by Crippen LogP contribution is -2.41. The van der Waals surface area contributed by atoms with Crippen molar-refractivity contribution in [3.8, 4) is 0 Å². The maximum Gasteiger partial charge on any atom is 0.219 e. The lowest BCUT2D eigenvalue weighted by molar-refractivity contribution is -0.128. The van der Waals surface area contributed by atoms with Gasteiger partial charge in [0.1, 0.15) is 5.84 Å². The number of allylic oxidation sites excluding steroid dienone is 3. The molecule has 1 amide bonds. The fraction of sp³-hybridized carbons (Fsp3) is 0.526. The van der Waals surface area contributed by atoms with Crippen molar-refractivity contribution in [2.45, 2.75) is 40.0 Å². The van der Waals surface area contributed by atoms with Crippen LogP contribution in [0.2, 0.25) is 0 Å². The van der Waals surface area contributed by atoms with Crippen molar-refractivity contribution >= 4 is 18.5 Å². The van der Waals surface area contributed by atoms with Crippen LogP contribution in [0.4, 0.5) is 0 Å². The average Bonchev–Trinajstić information content (AvgIpc) is 3.36. The zero-order chi connectivity index (χ0) is 18.4. The molecule has 6 heteroatoms. The largest absolute Gasteiger partial charge is 0.388 e. The summed E-state index contributed by atoms with van der Waals surface area (Å²) in [5.74, 6) is 1.31. The molecular weight excluding hydrogens is 314 g/mol. The number of aliphatic imine (C=N–C) groups is 2. The summed E-state index contributed by atoms with van der Waals surface area (Å²) in [7, 11) is 0. The first-order valence-corrected chi connectivity index (χ1v) is 8.77. The Balaban J connectivity index is 2.22. The number of amidine groups is 1. The van der Waals surface area contributed by atoms with Crippen LogP contribution in [0.3, 0.4) is 0 Å². The number of carbonyl (C=O) groups excluding carboxylic acids is 1. The Bertz CT molecular complexity index is 653. The van der Waals surface area contributed by atoms with Crippen molar-refractivity contribution < 1.29 is 4.79 Å². The number of hydrogen-bond donors (Lipinski definition) is 2. The summed E-state index contributed by atoms with van der Waals surface area (Å²) in [6.07, 6.45) is 6.97. The molecule has 25 heavy (non-hydrogen) atoms. The topological polar surface area (TPSA) is 83.1 Å². The summed E-state index contributed by atoms with van der Waals surface area (Å²) in [6.45, 7) is 11.1. The fourth-order valence-electron chi connectivity index (χ4n) is 2.85. The van der Waals surface area contributed by atoms with E-state index < -0.39 is 0 Å². The molecule has 2 aliphatic rings. The quantitative estimate of drug-likeness (QED) is 0.423. The summed E-state index contributed by atoms with van der Waals surface area (Å²) >= 11 is 0. The minimum atomic E-state index is 0.0645. The molecule has 2 rings (SSSR count). The molecule has 136 valence electrons. The van der Waals surface area contributed by atoms with Crippen LogP contribution in [0.1, 0.15) is 40.0 Å². The van der Waals surface area contributed by atoms with Crippen LogP contribution in [0.5, 0.6) is 0 Å². The Morgan fingerprint density at radius 2 is 2.12 bits per heavy atom. The highest BCUT2D eigenvalue weighted by Crippen LogP contribution is 2.28. The summed E-state index contributed by atoms with van der Waals surface area (Å²) < 4.78 is 0. The van der Waals surface area contributed by atoms with Crippen LogP contribution >= 0.6 is 0 Å². The first kappa shape index (κ1) is 19.0. The van der Waals surface area contributed by atoms with E-state index in [4.69, 9.17) is 5.73 Å². The Morgan fingerprint density at radius 3 is 2.72 bits per heavy atom. The molecule has 1 saturated carbocycles. The van der Waals surface area contributed by atoms with Gasteiger partial charge in [-0.05, 0) is 51.0 Å². The van der Waals surface area contributed by atoms with Gasteiger partial charge in [0.05, 0.1) is 6.54 Å². The molecule has 0 saturated heterocycles. The first-order valence-electron chi connectivity index (χ1n) is 8.77. The second-order valence-corrected chi connectivity index (χ2v) is 6.81. The second-order valence-electron chi connectivity index (χ2n) is 6.81. The molecule has 3 N–H and O–H groups in total. The lowest BCUT2D eigenvalue weighted by atomic mass is 10.0. The van der Waals surface area contributed by atoms with Crippen molar-refractivity contribution in [1.82, 2.24) is 10.2 Å². The monoisotopic (exact) mass is 343 g/mol. The van der Waals surface area contributed by atoms with Gasteiger partial charge in [0.15, 0.2) is 0 Å². The predicted molar refractivity (Wildman–Crippen MR) is 103 cm³/mol. The van der Waals surface area contributed by atoms with Crippen molar-refractivity contribution in [2.75, 3.05) is 19.6 Å². The van der Waals surface area contributed by atoms with Gasteiger partial charge in [0.2, 0.25) is 5.91 Å². The van der Waals surface area contributed by atoms with E-state index in [9.17, 15) is 4.79 Å². The molecule has 0 aromatic rings. The third-order valence-electron chi connectivity index (χ3n) is 4.43. The molecular formula is C19H29N5O. The van der Waals surface area contributed by atoms with E-state index in [-0.39, 0.29) is 5.91 Å². The molecule has 0 aromatic heterocycles. The molecule has 1 fully saturated rings. The number of rotatable bonds is 7. The maximum absolute atomic E-state index is 11.8. The van der Waals surface area contributed by atoms with Gasteiger partial charge in [-0.1, -0.05) is 0 Å². The van der Waals surface area contributed by atoms with Crippen LogP contribution in [-0.2, 0) is 4.79 Å². The molecule has 1 heterocycles. The smallest absolute Gasteiger partial charge is 0.219 e. The minimum Gasteiger partial charge on any atom is -0.388 e. The summed E-state index contributed by atoms with van der Waals surface area (Å²) in [5.41, 5.74) is 10.1. The van der Waals surface area contributed by atoms with Gasteiger partial charge in [-0.25, -0.2) is 4.99 Å². The van der Waals surface area contributed by atoms with Crippen LogP contribution in [0.15, 0.2) is 44.8 Å². The van der Waals surface area contributed by atoms with Gasteiger partial charge in [0, 0.05) is 49.6 Å². The molecule has 0 unspecified atom stereocenters. The molecule has 0 atom stereocenters. The van der Waals surface area contributed by atoms with Crippen LogP contribution in [0.25, 0.3) is 0 Å². The lowest BCUT2D eigenvalue weighted by Gasteiger charge is -2.30. The highest BCUT2D eigenvalue weighted by atomic mass is 16.2. The molecule has 0 radical (unpaired) electrons. The number of hydrogen-bond acceptors (Lipinski definition) is 4. The van der Waals surface area contributed by atoms with E-state index >= 15 is 0 Å². The van der Waals surface area contributed by atoms with Crippen LogP contribution in [0, 0.1) is 5.92 Å². The number of carbonyl (C=O) groups is 1. The van der Waals surface area contributed by atoms with Gasteiger partial charge < -0.3 is 16.0 Å². The third-order valence-corrected chi connectivity index (χ3v) is 4.43. The summed E-state index contributed by atoms with van der Waals surface area (Å²) in [4.78, 5) is 21.8. The standard InChI is InChI=1S/C19H29N5O/c1-13(10-21-4)9-14(2)23-19(20)17-12-24(15(3)25)8-7-18(17)22-11-16-5-6-16/h9-10,16,22H,4-8,11-12H2,1-3H3,(H2,20,23)/b13-10-,14-9+. The molecule has 0 aromatic carbocycles. The highest BCUT2D eigenvalue weighted by molar-refractivity contribution is 5.99. The van der Waals surface area contributed by atoms with E-state index in [0.717, 1.165) is 48.0 Å². The zero-order valence-corrected chi connectivity index (χ0v) is 15.5. The average molecular weight is 343 g/mol. The Hall–Kier alpha value is -2.37. The summed E-state index contributed by atoms with van der Waals surface area (Å²) in [5, 5.41) is 3.54. The second kappa shape index (κ2) is 8.65. The number of nitrogens with one attached hydrogen (secondary N) is 1. The van der Waals surface area contributed by atoms with Crippen molar-refractivity contribution in [3.05, 3.63) is 34.8 Å². The maximum atomic E-state index is 11.8. The number of amides is 1. The Kier molecular flexibility index (Phi) is 6.56. The number of nitrogens with zero attached hydrogens (tertiary/aromatic N) is 3. The SMILES string of the molecule is C=N/C=C(C)\C=C(/C)N=C(N)C1=C(NCC2CC2)CCN(C(C)=O)C1. The van der Waals surface area contributed by atoms with Crippen molar-refractivity contribution in [1.29, 1.82) is 0 Å². The van der Waals surface area contributed by atoms with Gasteiger partial charge in [-0.3, -0.25) is 9.79 Å². The third kappa shape index (κ3) is 5.89.